The standard InChI is InChI=1S/C17H23NO4/c1-22-15-7-3-2-6-14(15)13-10-11-18(12-13)16(19)8-4-5-9-17(20)21/h2-3,6-7,13H,4-5,8-12H2,1H3,(H,20,21). The highest BCUT2D eigenvalue weighted by atomic mass is 16.5. The number of carbonyl (C=O) groups excluding carboxylic acids is 1. The lowest BCUT2D eigenvalue weighted by atomic mass is 9.97. The molecule has 22 heavy (non-hydrogen) atoms. The molecule has 1 N–H and O–H groups in total. The van der Waals surface area contributed by atoms with Gasteiger partial charge in [0.05, 0.1) is 7.11 Å². The summed E-state index contributed by atoms with van der Waals surface area (Å²) < 4.78 is 5.40. The Morgan fingerprint density at radius 1 is 1.27 bits per heavy atom. The third-order valence-corrected chi connectivity index (χ3v) is 4.15. The van der Waals surface area contributed by atoms with Crippen molar-refractivity contribution < 1.29 is 19.4 Å². The van der Waals surface area contributed by atoms with E-state index in [2.05, 4.69) is 6.07 Å². The average Bonchev–Trinajstić information content (AvgIpc) is 3.01. The molecule has 2 rings (SSSR count). The number of carboxylic acid groups (broad SMARTS) is 1. The molecule has 1 aliphatic rings. The predicted octanol–water partition coefficient (Wildman–Crippen LogP) is 2.66. The first-order valence-corrected chi connectivity index (χ1v) is 7.74. The summed E-state index contributed by atoms with van der Waals surface area (Å²) in [6.07, 6.45) is 2.72. The summed E-state index contributed by atoms with van der Waals surface area (Å²) in [5, 5.41) is 8.59. The van der Waals surface area contributed by atoms with Gasteiger partial charge >= 0.3 is 5.97 Å². The predicted molar refractivity (Wildman–Crippen MR) is 83.0 cm³/mol. The average molecular weight is 305 g/mol. The molecule has 1 saturated heterocycles. The van der Waals surface area contributed by atoms with E-state index < -0.39 is 5.97 Å². The number of amides is 1. The monoisotopic (exact) mass is 305 g/mol. The van der Waals surface area contributed by atoms with Gasteiger partial charge in [0.15, 0.2) is 0 Å². The lowest BCUT2D eigenvalue weighted by Crippen LogP contribution is -2.28. The van der Waals surface area contributed by atoms with Crippen LogP contribution in [0.5, 0.6) is 5.75 Å². The van der Waals surface area contributed by atoms with E-state index in [1.807, 2.05) is 23.1 Å². The van der Waals surface area contributed by atoms with Gasteiger partial charge in [-0.05, 0) is 30.9 Å². The first-order chi connectivity index (χ1) is 10.6. The Bertz CT molecular complexity index is 529. The van der Waals surface area contributed by atoms with Gasteiger partial charge in [0.25, 0.3) is 0 Å². The summed E-state index contributed by atoms with van der Waals surface area (Å²) in [5.41, 5.74) is 1.16. The molecule has 1 aromatic carbocycles. The highest BCUT2D eigenvalue weighted by molar-refractivity contribution is 5.76. The lowest BCUT2D eigenvalue weighted by Gasteiger charge is -2.18. The largest absolute Gasteiger partial charge is 0.496 e. The molecule has 0 radical (unpaired) electrons. The zero-order chi connectivity index (χ0) is 15.9. The van der Waals surface area contributed by atoms with Crippen LogP contribution in [0.25, 0.3) is 0 Å². The number of para-hydroxylation sites is 1. The first kappa shape index (κ1) is 16.3. The van der Waals surface area contributed by atoms with E-state index in [-0.39, 0.29) is 12.3 Å². The minimum atomic E-state index is -0.801. The Balaban J connectivity index is 1.84. The number of hydrogen-bond donors (Lipinski definition) is 1. The third kappa shape index (κ3) is 4.23. The van der Waals surface area contributed by atoms with Crippen LogP contribution in [0.2, 0.25) is 0 Å². The third-order valence-electron chi connectivity index (χ3n) is 4.15. The maximum Gasteiger partial charge on any atom is 0.303 e. The Kier molecular flexibility index (Phi) is 5.81. The van der Waals surface area contributed by atoms with Gasteiger partial charge in [-0.2, -0.15) is 0 Å². The van der Waals surface area contributed by atoms with Gasteiger partial charge in [-0.3, -0.25) is 9.59 Å². The molecule has 1 amide bonds. The van der Waals surface area contributed by atoms with Crippen LogP contribution in [0.3, 0.4) is 0 Å². The van der Waals surface area contributed by atoms with E-state index in [0.717, 1.165) is 30.8 Å². The molecule has 5 nitrogen and oxygen atoms in total. The molecule has 1 atom stereocenters. The van der Waals surface area contributed by atoms with Crippen LogP contribution < -0.4 is 4.74 Å². The number of likely N-dealkylation sites (tertiary alicyclic amines) is 1. The molecule has 0 aliphatic carbocycles. The molecule has 1 fully saturated rings. The van der Waals surface area contributed by atoms with E-state index in [0.29, 0.717) is 25.2 Å². The summed E-state index contributed by atoms with van der Waals surface area (Å²) in [7, 11) is 1.67. The molecule has 0 saturated carbocycles. The molecule has 1 aliphatic heterocycles. The second-order valence-corrected chi connectivity index (χ2v) is 5.67. The molecule has 1 heterocycles. The maximum atomic E-state index is 12.2. The normalized spacial score (nSPS) is 17.5. The number of unbranched alkanes of at least 4 members (excludes halogenated alkanes) is 1. The van der Waals surface area contributed by atoms with Gasteiger partial charge in [0.2, 0.25) is 5.91 Å². The van der Waals surface area contributed by atoms with Crippen LogP contribution in [-0.2, 0) is 9.59 Å². The summed E-state index contributed by atoms with van der Waals surface area (Å²) in [5.74, 6) is 0.523. The van der Waals surface area contributed by atoms with E-state index in [1.165, 1.54) is 0 Å². The zero-order valence-electron chi connectivity index (χ0n) is 13.0. The molecular weight excluding hydrogens is 282 g/mol. The second kappa shape index (κ2) is 7.82. The highest BCUT2D eigenvalue weighted by Crippen LogP contribution is 2.33. The fourth-order valence-electron chi connectivity index (χ4n) is 2.95. The van der Waals surface area contributed by atoms with Crippen LogP contribution in [0, 0.1) is 0 Å². The number of carbonyl (C=O) groups is 2. The topological polar surface area (TPSA) is 66.8 Å². The van der Waals surface area contributed by atoms with Crippen molar-refractivity contribution in [2.24, 2.45) is 0 Å². The molecule has 0 bridgehead atoms. The van der Waals surface area contributed by atoms with Gasteiger partial charge in [-0.25, -0.2) is 0 Å². The first-order valence-electron chi connectivity index (χ1n) is 7.74. The van der Waals surface area contributed by atoms with E-state index in [4.69, 9.17) is 9.84 Å². The van der Waals surface area contributed by atoms with Crippen molar-refractivity contribution in [1.29, 1.82) is 0 Å². The fourth-order valence-corrected chi connectivity index (χ4v) is 2.95. The molecule has 5 heteroatoms. The van der Waals surface area contributed by atoms with Gasteiger partial charge in [0, 0.05) is 31.8 Å². The molecule has 0 aromatic heterocycles. The van der Waals surface area contributed by atoms with Crippen molar-refractivity contribution in [1.82, 2.24) is 4.90 Å². The molecule has 1 unspecified atom stereocenters. The van der Waals surface area contributed by atoms with Crippen molar-refractivity contribution in [3.8, 4) is 5.75 Å². The SMILES string of the molecule is COc1ccccc1C1CCN(C(=O)CCCCC(=O)O)C1. The van der Waals surface area contributed by atoms with Crippen LogP contribution in [0.1, 0.15) is 43.6 Å². The Labute approximate surface area is 130 Å². The van der Waals surface area contributed by atoms with Crippen LogP contribution in [-0.4, -0.2) is 42.1 Å². The van der Waals surface area contributed by atoms with Crippen molar-refractivity contribution in [3.05, 3.63) is 29.8 Å². The van der Waals surface area contributed by atoms with E-state index >= 15 is 0 Å². The second-order valence-electron chi connectivity index (χ2n) is 5.67. The highest BCUT2D eigenvalue weighted by Gasteiger charge is 2.28. The summed E-state index contributed by atoms with van der Waals surface area (Å²) >= 11 is 0. The van der Waals surface area contributed by atoms with Crippen molar-refractivity contribution in [2.45, 2.75) is 38.0 Å². The van der Waals surface area contributed by atoms with Crippen LogP contribution in [0.4, 0.5) is 0 Å². The number of benzene rings is 1. The number of hydrogen-bond acceptors (Lipinski definition) is 3. The number of rotatable bonds is 7. The number of methoxy groups -OCH3 is 1. The van der Waals surface area contributed by atoms with Crippen LogP contribution in [0.15, 0.2) is 24.3 Å². The van der Waals surface area contributed by atoms with Crippen LogP contribution >= 0.6 is 0 Å². The smallest absolute Gasteiger partial charge is 0.303 e. The summed E-state index contributed by atoms with van der Waals surface area (Å²) in [6, 6.07) is 7.95. The molecule has 120 valence electrons. The Hall–Kier alpha value is -2.04. The number of carboxylic acids is 1. The van der Waals surface area contributed by atoms with Crippen molar-refractivity contribution >= 4 is 11.9 Å². The van der Waals surface area contributed by atoms with Crippen molar-refractivity contribution in [3.63, 3.8) is 0 Å². The van der Waals surface area contributed by atoms with Gasteiger partial charge < -0.3 is 14.7 Å². The number of aliphatic carboxylic acids is 1. The fraction of sp³-hybridized carbons (Fsp3) is 0.529. The maximum absolute atomic E-state index is 12.2. The molecular formula is C17H23NO4. The van der Waals surface area contributed by atoms with Gasteiger partial charge in [0.1, 0.15) is 5.75 Å². The molecule has 1 aromatic rings. The Morgan fingerprint density at radius 2 is 2.00 bits per heavy atom. The van der Waals surface area contributed by atoms with E-state index in [9.17, 15) is 9.59 Å². The quantitative estimate of drug-likeness (QED) is 0.786. The van der Waals surface area contributed by atoms with Crippen molar-refractivity contribution in [2.75, 3.05) is 20.2 Å². The number of nitrogens with zero attached hydrogens (tertiary/aromatic N) is 1. The minimum Gasteiger partial charge on any atom is -0.496 e. The van der Waals surface area contributed by atoms with Gasteiger partial charge in [-0.1, -0.05) is 18.2 Å². The zero-order valence-corrected chi connectivity index (χ0v) is 13.0. The minimum absolute atomic E-state index is 0.128. The van der Waals surface area contributed by atoms with E-state index in [1.54, 1.807) is 7.11 Å². The number of ether oxygens (including phenoxy) is 1. The molecule has 0 spiro atoms. The van der Waals surface area contributed by atoms with Gasteiger partial charge in [-0.15, -0.1) is 0 Å². The summed E-state index contributed by atoms with van der Waals surface area (Å²) in [4.78, 5) is 24.5. The Morgan fingerprint density at radius 3 is 2.73 bits per heavy atom. The lowest BCUT2D eigenvalue weighted by molar-refractivity contribution is -0.137. The summed E-state index contributed by atoms with van der Waals surface area (Å²) in [6.45, 7) is 1.48.